The number of rotatable bonds is 5. The smallest absolute Gasteiger partial charge is 0.242 e. The summed E-state index contributed by atoms with van der Waals surface area (Å²) in [5.74, 6) is 2.77. The fourth-order valence-electron chi connectivity index (χ4n) is 6.63. The predicted molar refractivity (Wildman–Crippen MR) is 104 cm³/mol. The summed E-state index contributed by atoms with van der Waals surface area (Å²) in [6, 6.07) is 0.389. The van der Waals surface area contributed by atoms with Crippen LogP contribution in [0.3, 0.4) is 0 Å². The van der Waals surface area contributed by atoms with Gasteiger partial charge in [-0.15, -0.1) is 12.4 Å². The summed E-state index contributed by atoms with van der Waals surface area (Å²) >= 11 is 0. The molecule has 26 heavy (non-hydrogen) atoms. The van der Waals surface area contributed by atoms with Gasteiger partial charge in [0.2, 0.25) is 11.8 Å². The molecule has 5 aliphatic rings. The summed E-state index contributed by atoms with van der Waals surface area (Å²) in [6.07, 6.45) is 10.8. The molecule has 0 aromatic carbocycles. The lowest BCUT2D eigenvalue weighted by Gasteiger charge is -2.56. The third kappa shape index (κ3) is 4.19. The Morgan fingerprint density at radius 3 is 2.27 bits per heavy atom. The van der Waals surface area contributed by atoms with E-state index in [1.165, 1.54) is 38.5 Å². The quantitative estimate of drug-likeness (QED) is 0.766. The Morgan fingerprint density at radius 2 is 1.69 bits per heavy atom. The number of piperidine rings is 1. The van der Waals surface area contributed by atoms with Crippen LogP contribution in [-0.2, 0) is 9.59 Å². The summed E-state index contributed by atoms with van der Waals surface area (Å²) < 4.78 is 0. The first-order valence-corrected chi connectivity index (χ1v) is 10.3. The van der Waals surface area contributed by atoms with Gasteiger partial charge in [0.05, 0.1) is 6.54 Å². The Labute approximate surface area is 163 Å². The van der Waals surface area contributed by atoms with Gasteiger partial charge in [0.1, 0.15) is 0 Å². The van der Waals surface area contributed by atoms with Crippen LogP contribution >= 0.6 is 12.4 Å². The van der Waals surface area contributed by atoms with Crippen molar-refractivity contribution >= 4 is 24.2 Å². The van der Waals surface area contributed by atoms with Crippen LogP contribution in [0.2, 0.25) is 0 Å². The van der Waals surface area contributed by atoms with E-state index in [9.17, 15) is 9.59 Å². The van der Waals surface area contributed by atoms with Gasteiger partial charge in [0.25, 0.3) is 0 Å². The first-order chi connectivity index (χ1) is 12.0. The van der Waals surface area contributed by atoms with Crippen molar-refractivity contribution in [2.45, 2.75) is 63.8 Å². The molecule has 5 fully saturated rings. The van der Waals surface area contributed by atoms with Gasteiger partial charge < -0.3 is 15.5 Å². The molecule has 0 spiro atoms. The third-order valence-corrected chi connectivity index (χ3v) is 7.32. The third-order valence-electron chi connectivity index (χ3n) is 7.32. The number of hydrogen-bond donors (Lipinski definition) is 2. The van der Waals surface area contributed by atoms with E-state index in [0.717, 1.165) is 43.7 Å². The fourth-order valence-corrected chi connectivity index (χ4v) is 6.63. The van der Waals surface area contributed by atoms with Crippen molar-refractivity contribution in [2.75, 3.05) is 26.7 Å². The zero-order valence-electron chi connectivity index (χ0n) is 16.0. The number of amides is 2. The van der Waals surface area contributed by atoms with Crippen molar-refractivity contribution in [3.63, 3.8) is 0 Å². The Hall–Kier alpha value is -0.810. The molecule has 1 heterocycles. The van der Waals surface area contributed by atoms with Gasteiger partial charge in [0, 0.05) is 25.6 Å². The van der Waals surface area contributed by atoms with E-state index < -0.39 is 0 Å². The van der Waals surface area contributed by atoms with Crippen LogP contribution in [0.4, 0.5) is 0 Å². The average molecular weight is 384 g/mol. The minimum absolute atomic E-state index is 0. The Balaban J connectivity index is 0.00000196. The highest BCUT2D eigenvalue weighted by Gasteiger charge is 2.51. The molecule has 4 aliphatic carbocycles. The van der Waals surface area contributed by atoms with Crippen LogP contribution in [-0.4, -0.2) is 49.4 Å². The molecule has 4 bridgehead atoms. The van der Waals surface area contributed by atoms with Crippen molar-refractivity contribution < 1.29 is 9.59 Å². The number of carbonyl (C=O) groups is 2. The van der Waals surface area contributed by atoms with Crippen LogP contribution in [0.15, 0.2) is 0 Å². The molecule has 5 rings (SSSR count). The van der Waals surface area contributed by atoms with E-state index in [2.05, 4.69) is 10.6 Å². The van der Waals surface area contributed by atoms with Gasteiger partial charge in [-0.25, -0.2) is 0 Å². The van der Waals surface area contributed by atoms with Gasteiger partial charge in [0.15, 0.2) is 0 Å². The summed E-state index contributed by atoms with van der Waals surface area (Å²) in [5.41, 5.74) is 0.254. The lowest BCUT2D eigenvalue weighted by atomic mass is 9.49. The van der Waals surface area contributed by atoms with Crippen molar-refractivity contribution in [3.8, 4) is 0 Å². The Morgan fingerprint density at radius 1 is 1.08 bits per heavy atom. The second kappa shape index (κ2) is 8.05. The molecule has 2 N–H and O–H groups in total. The van der Waals surface area contributed by atoms with Crippen molar-refractivity contribution in [1.82, 2.24) is 15.5 Å². The van der Waals surface area contributed by atoms with E-state index in [0.29, 0.717) is 12.5 Å². The molecule has 148 valence electrons. The minimum atomic E-state index is 0. The van der Waals surface area contributed by atoms with Gasteiger partial charge >= 0.3 is 0 Å². The topological polar surface area (TPSA) is 61.4 Å². The molecule has 1 atom stereocenters. The molecule has 6 heteroatoms. The predicted octanol–water partition coefficient (Wildman–Crippen LogP) is 2.34. The molecular weight excluding hydrogens is 350 g/mol. The van der Waals surface area contributed by atoms with Crippen molar-refractivity contribution in [1.29, 1.82) is 0 Å². The highest BCUT2D eigenvalue weighted by molar-refractivity contribution is 5.85. The molecule has 0 aromatic rings. The summed E-state index contributed by atoms with van der Waals surface area (Å²) in [5, 5.41) is 6.19. The molecule has 2 amide bonds. The number of likely N-dealkylation sites (tertiary alicyclic amines) is 1. The molecule has 1 unspecified atom stereocenters. The van der Waals surface area contributed by atoms with Crippen LogP contribution in [0, 0.1) is 23.2 Å². The lowest BCUT2D eigenvalue weighted by Crippen LogP contribution is -2.51. The molecule has 4 saturated carbocycles. The highest BCUT2D eigenvalue weighted by atomic mass is 35.5. The van der Waals surface area contributed by atoms with E-state index in [1.807, 2.05) is 11.9 Å². The highest BCUT2D eigenvalue weighted by Crippen LogP contribution is 2.61. The van der Waals surface area contributed by atoms with Crippen LogP contribution in [0.1, 0.15) is 57.8 Å². The average Bonchev–Trinajstić information content (AvgIpc) is 2.58. The molecule has 1 aliphatic heterocycles. The number of hydrogen-bond acceptors (Lipinski definition) is 3. The monoisotopic (exact) mass is 383 g/mol. The lowest BCUT2D eigenvalue weighted by molar-refractivity contribution is -0.136. The number of halogens is 1. The van der Waals surface area contributed by atoms with Crippen molar-refractivity contribution in [2.24, 2.45) is 23.2 Å². The maximum Gasteiger partial charge on any atom is 0.242 e. The molecule has 0 aromatic heterocycles. The minimum Gasteiger partial charge on any atom is -0.347 e. The van der Waals surface area contributed by atoms with Crippen LogP contribution in [0.25, 0.3) is 0 Å². The Bertz CT molecular complexity index is 504. The van der Waals surface area contributed by atoms with E-state index >= 15 is 0 Å². The standard InChI is InChI=1S/C20H33N3O2.ClH/c1-21-17-3-2-4-23(13-17)19(25)12-22-18(24)11-20-8-14-5-15(9-20)7-16(6-14)10-20;/h14-17,21H,2-13H2,1H3,(H,22,24);1H. The molecular formula is C20H34ClN3O2. The summed E-state index contributed by atoms with van der Waals surface area (Å²) in [4.78, 5) is 26.9. The largest absolute Gasteiger partial charge is 0.347 e. The van der Waals surface area contributed by atoms with Gasteiger partial charge in [-0.3, -0.25) is 9.59 Å². The van der Waals surface area contributed by atoms with E-state index in [-0.39, 0.29) is 36.2 Å². The number of carbonyl (C=O) groups excluding carboxylic acids is 2. The zero-order chi connectivity index (χ0) is 17.4. The summed E-state index contributed by atoms with van der Waals surface area (Å²) in [6.45, 7) is 1.75. The molecule has 1 saturated heterocycles. The van der Waals surface area contributed by atoms with Crippen molar-refractivity contribution in [3.05, 3.63) is 0 Å². The second-order valence-corrected chi connectivity index (χ2v) is 9.34. The normalized spacial score (nSPS) is 38.0. The van der Waals surface area contributed by atoms with Crippen LogP contribution in [0.5, 0.6) is 0 Å². The number of likely N-dealkylation sites (N-methyl/N-ethyl adjacent to an activating group) is 1. The van der Waals surface area contributed by atoms with E-state index in [4.69, 9.17) is 0 Å². The molecule has 0 radical (unpaired) electrons. The Kier molecular flexibility index (Phi) is 6.18. The summed E-state index contributed by atoms with van der Waals surface area (Å²) in [7, 11) is 1.95. The first kappa shape index (κ1) is 19.9. The van der Waals surface area contributed by atoms with E-state index in [1.54, 1.807) is 0 Å². The number of nitrogens with zero attached hydrogens (tertiary/aromatic N) is 1. The maximum atomic E-state index is 12.5. The van der Waals surface area contributed by atoms with Gasteiger partial charge in [-0.1, -0.05) is 0 Å². The molecule has 5 nitrogen and oxygen atoms in total. The van der Waals surface area contributed by atoms with Gasteiger partial charge in [-0.05, 0) is 81.6 Å². The maximum absolute atomic E-state index is 12.5. The second-order valence-electron chi connectivity index (χ2n) is 9.34. The first-order valence-electron chi connectivity index (χ1n) is 10.3. The fraction of sp³-hybridized carbons (Fsp3) is 0.900. The SMILES string of the molecule is CNC1CCCN(C(=O)CNC(=O)CC23CC4CC(CC(C4)C2)C3)C1.Cl. The van der Waals surface area contributed by atoms with Gasteiger partial charge in [-0.2, -0.15) is 0 Å². The van der Waals surface area contributed by atoms with Crippen LogP contribution < -0.4 is 10.6 Å². The number of nitrogens with one attached hydrogen (secondary N) is 2. The zero-order valence-corrected chi connectivity index (χ0v) is 16.8.